The number of aryl methyl sites for hydroxylation is 1. The molecule has 1 atom stereocenters. The third-order valence-corrected chi connectivity index (χ3v) is 5.30. The van der Waals surface area contributed by atoms with Crippen LogP contribution in [0.5, 0.6) is 0 Å². The van der Waals surface area contributed by atoms with E-state index in [1.54, 1.807) is 16.7 Å². The number of hydrogen-bond acceptors (Lipinski definition) is 3. The summed E-state index contributed by atoms with van der Waals surface area (Å²) in [6, 6.07) is 8.00. The van der Waals surface area contributed by atoms with Crippen molar-refractivity contribution in [3.05, 3.63) is 36.0 Å². The van der Waals surface area contributed by atoms with Crippen molar-refractivity contribution in [2.45, 2.75) is 25.3 Å². The van der Waals surface area contributed by atoms with E-state index in [0.717, 1.165) is 22.2 Å². The first kappa shape index (κ1) is 15.9. The molecule has 2 N–H and O–H groups in total. The van der Waals surface area contributed by atoms with E-state index < -0.39 is 5.97 Å². The fourth-order valence-corrected chi connectivity index (χ4v) is 4.07. The SMILES string of the molecule is O=C(O)CC1CSCCN1C(=O)CCc1ccc2[nH]ccc2c1. The highest BCUT2D eigenvalue weighted by Gasteiger charge is 2.28. The van der Waals surface area contributed by atoms with Gasteiger partial charge in [-0.25, -0.2) is 0 Å². The molecule has 0 aliphatic carbocycles. The molecule has 1 aromatic carbocycles. The molecule has 0 saturated carbocycles. The Bertz CT molecular complexity index is 713. The summed E-state index contributed by atoms with van der Waals surface area (Å²) in [5.41, 5.74) is 2.22. The standard InChI is InChI=1S/C17H20N2O3S/c20-16(19-7-8-23-11-14(19)10-17(21)22)4-2-12-1-3-15-13(9-12)5-6-18-15/h1,3,5-6,9,14,18H,2,4,7-8,10-11H2,(H,21,22). The molecular weight excluding hydrogens is 312 g/mol. The Hall–Kier alpha value is -1.95. The van der Waals surface area contributed by atoms with Crippen molar-refractivity contribution < 1.29 is 14.7 Å². The number of fused-ring (bicyclic) bond motifs is 1. The molecule has 0 spiro atoms. The lowest BCUT2D eigenvalue weighted by atomic mass is 10.1. The fraction of sp³-hybridized carbons (Fsp3) is 0.412. The van der Waals surface area contributed by atoms with Gasteiger partial charge in [0.25, 0.3) is 0 Å². The number of carbonyl (C=O) groups is 2. The van der Waals surface area contributed by atoms with E-state index in [4.69, 9.17) is 5.11 Å². The predicted molar refractivity (Wildman–Crippen MR) is 91.7 cm³/mol. The first-order chi connectivity index (χ1) is 11.1. The van der Waals surface area contributed by atoms with Gasteiger partial charge in [-0.2, -0.15) is 11.8 Å². The van der Waals surface area contributed by atoms with Crippen molar-refractivity contribution in [1.29, 1.82) is 0 Å². The number of nitrogens with one attached hydrogen (secondary N) is 1. The molecule has 23 heavy (non-hydrogen) atoms. The lowest BCUT2D eigenvalue weighted by Crippen LogP contribution is -2.47. The van der Waals surface area contributed by atoms with Gasteiger partial charge >= 0.3 is 5.97 Å². The van der Waals surface area contributed by atoms with Crippen LogP contribution in [0, 0.1) is 0 Å². The van der Waals surface area contributed by atoms with Crippen molar-refractivity contribution in [3.8, 4) is 0 Å². The highest BCUT2D eigenvalue weighted by molar-refractivity contribution is 7.99. The Morgan fingerprint density at radius 1 is 1.35 bits per heavy atom. The number of carbonyl (C=O) groups excluding carboxylic acids is 1. The Kier molecular flexibility index (Phi) is 4.91. The van der Waals surface area contributed by atoms with Crippen LogP contribution in [0.4, 0.5) is 0 Å². The smallest absolute Gasteiger partial charge is 0.305 e. The largest absolute Gasteiger partial charge is 0.481 e. The van der Waals surface area contributed by atoms with Gasteiger partial charge in [0.1, 0.15) is 0 Å². The fourth-order valence-electron chi connectivity index (χ4n) is 3.01. The maximum absolute atomic E-state index is 12.5. The second-order valence-electron chi connectivity index (χ2n) is 5.81. The average molecular weight is 332 g/mol. The minimum Gasteiger partial charge on any atom is -0.481 e. The van der Waals surface area contributed by atoms with Gasteiger partial charge in [0, 0.05) is 36.2 Å². The van der Waals surface area contributed by atoms with Crippen LogP contribution in [-0.4, -0.2) is 51.0 Å². The van der Waals surface area contributed by atoms with Gasteiger partial charge in [0.05, 0.1) is 12.5 Å². The van der Waals surface area contributed by atoms with E-state index in [0.29, 0.717) is 25.1 Å². The van der Waals surface area contributed by atoms with Crippen LogP contribution >= 0.6 is 11.8 Å². The van der Waals surface area contributed by atoms with Gasteiger partial charge in [0.2, 0.25) is 5.91 Å². The van der Waals surface area contributed by atoms with Gasteiger partial charge in [-0.05, 0) is 35.6 Å². The summed E-state index contributed by atoms with van der Waals surface area (Å²) < 4.78 is 0. The number of hydrogen-bond donors (Lipinski definition) is 2. The molecule has 1 aromatic heterocycles. The van der Waals surface area contributed by atoms with Gasteiger partial charge in [-0.3, -0.25) is 9.59 Å². The third kappa shape index (κ3) is 3.88. The number of aliphatic carboxylic acids is 1. The Balaban J connectivity index is 1.61. The number of amides is 1. The number of thioether (sulfide) groups is 1. The molecule has 3 rings (SSSR count). The third-order valence-electron chi connectivity index (χ3n) is 4.20. The number of benzene rings is 1. The monoisotopic (exact) mass is 332 g/mol. The zero-order valence-corrected chi connectivity index (χ0v) is 13.6. The molecule has 2 aromatic rings. The highest BCUT2D eigenvalue weighted by atomic mass is 32.2. The molecule has 1 saturated heterocycles. The quantitative estimate of drug-likeness (QED) is 0.882. The zero-order chi connectivity index (χ0) is 16.2. The summed E-state index contributed by atoms with van der Waals surface area (Å²) in [4.78, 5) is 28.4. The van der Waals surface area contributed by atoms with Crippen LogP contribution in [0.3, 0.4) is 0 Å². The maximum Gasteiger partial charge on any atom is 0.305 e. The summed E-state index contributed by atoms with van der Waals surface area (Å²) in [6.07, 6.45) is 3.05. The first-order valence-corrected chi connectivity index (χ1v) is 8.94. The molecule has 6 heteroatoms. The van der Waals surface area contributed by atoms with Crippen LogP contribution in [-0.2, 0) is 16.0 Å². The van der Waals surface area contributed by atoms with E-state index >= 15 is 0 Å². The Morgan fingerprint density at radius 2 is 2.22 bits per heavy atom. The number of carboxylic acid groups (broad SMARTS) is 1. The van der Waals surface area contributed by atoms with Crippen LogP contribution in [0.1, 0.15) is 18.4 Å². The molecule has 1 amide bonds. The van der Waals surface area contributed by atoms with Crippen molar-refractivity contribution in [2.24, 2.45) is 0 Å². The first-order valence-electron chi connectivity index (χ1n) is 7.78. The van der Waals surface area contributed by atoms with Crippen molar-refractivity contribution in [3.63, 3.8) is 0 Å². The second kappa shape index (κ2) is 7.08. The van der Waals surface area contributed by atoms with Crippen molar-refractivity contribution in [2.75, 3.05) is 18.1 Å². The van der Waals surface area contributed by atoms with Gasteiger partial charge < -0.3 is 15.0 Å². The molecule has 1 aliphatic rings. The lowest BCUT2D eigenvalue weighted by Gasteiger charge is -2.34. The van der Waals surface area contributed by atoms with Crippen LogP contribution in [0.2, 0.25) is 0 Å². The van der Waals surface area contributed by atoms with Crippen LogP contribution in [0.25, 0.3) is 10.9 Å². The minimum atomic E-state index is -0.840. The predicted octanol–water partition coefficient (Wildman–Crippen LogP) is 2.52. The normalized spacial score (nSPS) is 18.3. The summed E-state index contributed by atoms with van der Waals surface area (Å²) in [7, 11) is 0. The lowest BCUT2D eigenvalue weighted by molar-refractivity contribution is -0.140. The number of rotatable bonds is 5. The molecule has 0 bridgehead atoms. The van der Waals surface area contributed by atoms with E-state index in [2.05, 4.69) is 11.1 Å². The number of aromatic amines is 1. The van der Waals surface area contributed by atoms with Gasteiger partial charge in [0.15, 0.2) is 0 Å². The van der Waals surface area contributed by atoms with E-state index in [-0.39, 0.29) is 18.4 Å². The van der Waals surface area contributed by atoms with E-state index in [1.165, 1.54) is 0 Å². The van der Waals surface area contributed by atoms with Gasteiger partial charge in [-0.1, -0.05) is 6.07 Å². The highest BCUT2D eigenvalue weighted by Crippen LogP contribution is 2.21. The molecule has 5 nitrogen and oxygen atoms in total. The number of aromatic nitrogens is 1. The molecule has 1 aliphatic heterocycles. The topological polar surface area (TPSA) is 73.4 Å². The molecular formula is C17H20N2O3S. The Morgan fingerprint density at radius 3 is 3.04 bits per heavy atom. The van der Waals surface area contributed by atoms with Crippen molar-refractivity contribution >= 4 is 34.5 Å². The summed E-state index contributed by atoms with van der Waals surface area (Å²) in [6.45, 7) is 0.651. The Labute approximate surface area is 139 Å². The molecule has 1 unspecified atom stereocenters. The summed E-state index contributed by atoms with van der Waals surface area (Å²) >= 11 is 1.72. The van der Waals surface area contributed by atoms with E-state index in [9.17, 15) is 9.59 Å². The number of nitrogens with zero attached hydrogens (tertiary/aromatic N) is 1. The summed E-state index contributed by atoms with van der Waals surface area (Å²) in [5.74, 6) is 0.823. The molecule has 2 heterocycles. The van der Waals surface area contributed by atoms with Crippen LogP contribution < -0.4 is 0 Å². The average Bonchev–Trinajstić information content (AvgIpc) is 3.00. The van der Waals surface area contributed by atoms with Crippen molar-refractivity contribution in [1.82, 2.24) is 9.88 Å². The minimum absolute atomic E-state index is 0.0358. The molecule has 1 fully saturated rings. The zero-order valence-electron chi connectivity index (χ0n) is 12.8. The number of carboxylic acids is 1. The van der Waals surface area contributed by atoms with E-state index in [1.807, 2.05) is 24.4 Å². The molecule has 0 radical (unpaired) electrons. The summed E-state index contributed by atoms with van der Waals surface area (Å²) in [5, 5.41) is 10.1. The second-order valence-corrected chi connectivity index (χ2v) is 6.96. The van der Waals surface area contributed by atoms with Crippen LogP contribution in [0.15, 0.2) is 30.5 Å². The van der Waals surface area contributed by atoms with Gasteiger partial charge in [-0.15, -0.1) is 0 Å². The molecule has 122 valence electrons. The number of H-pyrrole nitrogens is 1. The maximum atomic E-state index is 12.5.